The van der Waals surface area contributed by atoms with Crippen LogP contribution in [0.25, 0.3) is 0 Å². The third kappa shape index (κ3) is 9.87. The number of rotatable bonds is 11. The first-order chi connectivity index (χ1) is 11.8. The van der Waals surface area contributed by atoms with Crippen LogP contribution < -0.4 is 10.6 Å². The Hall–Kier alpha value is -2.04. The van der Waals surface area contributed by atoms with Gasteiger partial charge in [-0.3, -0.25) is 9.79 Å². The number of esters is 1. The van der Waals surface area contributed by atoms with E-state index < -0.39 is 0 Å². The molecular weight excluding hydrogens is 302 g/mol. The summed E-state index contributed by atoms with van der Waals surface area (Å²) in [5.74, 6) is 0.742. The molecule has 1 aromatic rings. The number of aliphatic imine (C=N–C) groups is 1. The van der Waals surface area contributed by atoms with Gasteiger partial charge in [-0.15, -0.1) is 0 Å². The molecule has 0 aromatic heterocycles. The van der Waals surface area contributed by atoms with Gasteiger partial charge in [0.1, 0.15) is 0 Å². The van der Waals surface area contributed by atoms with Gasteiger partial charge in [0.25, 0.3) is 0 Å². The summed E-state index contributed by atoms with van der Waals surface area (Å²) < 4.78 is 4.62. The fourth-order valence-electron chi connectivity index (χ4n) is 2.42. The largest absolute Gasteiger partial charge is 0.469 e. The smallest absolute Gasteiger partial charge is 0.305 e. The molecule has 1 aromatic carbocycles. The average Bonchev–Trinajstić information content (AvgIpc) is 2.63. The molecule has 0 radical (unpaired) electrons. The highest BCUT2D eigenvalue weighted by molar-refractivity contribution is 5.79. The molecule has 5 heteroatoms. The predicted molar refractivity (Wildman–Crippen MR) is 99.2 cm³/mol. The van der Waals surface area contributed by atoms with Crippen molar-refractivity contribution in [3.05, 3.63) is 35.9 Å². The number of unbranched alkanes of at least 4 members (excludes halogenated alkanes) is 3. The average molecular weight is 333 g/mol. The van der Waals surface area contributed by atoms with E-state index in [9.17, 15) is 4.79 Å². The number of aryl methyl sites for hydroxylation is 1. The van der Waals surface area contributed by atoms with Crippen LogP contribution in [0.2, 0.25) is 0 Å². The molecule has 134 valence electrons. The lowest BCUT2D eigenvalue weighted by Gasteiger charge is -2.11. The van der Waals surface area contributed by atoms with Crippen molar-refractivity contribution in [2.75, 3.05) is 27.2 Å². The quantitative estimate of drug-likeness (QED) is 0.283. The summed E-state index contributed by atoms with van der Waals surface area (Å²) in [6.07, 6.45) is 6.82. The number of ether oxygens (including phenoxy) is 1. The van der Waals surface area contributed by atoms with Crippen LogP contribution in [-0.4, -0.2) is 39.2 Å². The van der Waals surface area contributed by atoms with Gasteiger partial charge in [0, 0.05) is 26.6 Å². The number of hydrogen-bond donors (Lipinski definition) is 2. The van der Waals surface area contributed by atoms with Gasteiger partial charge in [0.2, 0.25) is 0 Å². The molecule has 24 heavy (non-hydrogen) atoms. The van der Waals surface area contributed by atoms with Crippen LogP contribution in [0.3, 0.4) is 0 Å². The van der Waals surface area contributed by atoms with E-state index >= 15 is 0 Å². The SMILES string of the molecule is CN=C(NCCCCCCC(=O)OC)NCCCc1ccccc1. The van der Waals surface area contributed by atoms with Crippen LogP contribution in [-0.2, 0) is 16.0 Å². The molecule has 5 nitrogen and oxygen atoms in total. The molecule has 0 saturated carbocycles. The monoisotopic (exact) mass is 333 g/mol. The van der Waals surface area contributed by atoms with Crippen LogP contribution in [0.15, 0.2) is 35.3 Å². The van der Waals surface area contributed by atoms with E-state index in [1.165, 1.54) is 12.7 Å². The lowest BCUT2D eigenvalue weighted by atomic mass is 10.1. The number of nitrogens with zero attached hydrogens (tertiary/aromatic N) is 1. The molecule has 0 aliphatic heterocycles. The Kier molecular flexibility index (Phi) is 11.2. The molecule has 0 aliphatic carbocycles. The third-order valence-electron chi connectivity index (χ3n) is 3.83. The van der Waals surface area contributed by atoms with Crippen molar-refractivity contribution in [1.82, 2.24) is 10.6 Å². The maximum Gasteiger partial charge on any atom is 0.305 e. The fourth-order valence-corrected chi connectivity index (χ4v) is 2.42. The van der Waals surface area contributed by atoms with Gasteiger partial charge in [-0.1, -0.05) is 43.2 Å². The van der Waals surface area contributed by atoms with Crippen molar-refractivity contribution in [1.29, 1.82) is 0 Å². The van der Waals surface area contributed by atoms with E-state index in [2.05, 4.69) is 44.6 Å². The minimum absolute atomic E-state index is 0.117. The maximum atomic E-state index is 11.0. The van der Waals surface area contributed by atoms with Crippen molar-refractivity contribution < 1.29 is 9.53 Å². The normalized spacial score (nSPS) is 11.2. The second kappa shape index (κ2) is 13.4. The number of guanidine groups is 1. The maximum absolute atomic E-state index is 11.0. The van der Waals surface area contributed by atoms with Crippen molar-refractivity contribution in [3.63, 3.8) is 0 Å². The first kappa shape index (κ1) is 20.0. The molecule has 0 amide bonds. The summed E-state index contributed by atoms with van der Waals surface area (Å²) in [4.78, 5) is 15.2. The van der Waals surface area contributed by atoms with E-state index in [1.54, 1.807) is 7.05 Å². The van der Waals surface area contributed by atoms with Gasteiger partial charge in [0.15, 0.2) is 5.96 Å². The number of carbonyl (C=O) groups excluding carboxylic acids is 1. The molecule has 0 fully saturated rings. The van der Waals surface area contributed by atoms with E-state index in [0.29, 0.717) is 6.42 Å². The Morgan fingerprint density at radius 2 is 1.67 bits per heavy atom. The second-order valence-electron chi connectivity index (χ2n) is 5.76. The Morgan fingerprint density at radius 1 is 1.00 bits per heavy atom. The van der Waals surface area contributed by atoms with Gasteiger partial charge < -0.3 is 15.4 Å². The van der Waals surface area contributed by atoms with Gasteiger partial charge in [-0.05, 0) is 31.2 Å². The lowest BCUT2D eigenvalue weighted by molar-refractivity contribution is -0.140. The van der Waals surface area contributed by atoms with Gasteiger partial charge >= 0.3 is 5.97 Å². The number of nitrogens with one attached hydrogen (secondary N) is 2. The highest BCUT2D eigenvalue weighted by atomic mass is 16.5. The molecule has 0 bridgehead atoms. The minimum atomic E-state index is -0.117. The standard InChI is InChI=1S/C19H31N3O2/c1-20-19(21-15-9-4-3-8-14-18(23)24-2)22-16-10-13-17-11-6-5-7-12-17/h5-7,11-12H,3-4,8-10,13-16H2,1-2H3,(H2,20,21,22). The van der Waals surface area contributed by atoms with Gasteiger partial charge in [-0.2, -0.15) is 0 Å². The Morgan fingerprint density at radius 3 is 2.33 bits per heavy atom. The van der Waals surface area contributed by atoms with Crippen LogP contribution in [0.4, 0.5) is 0 Å². The Balaban J connectivity index is 1.99. The van der Waals surface area contributed by atoms with E-state index in [0.717, 1.165) is 57.6 Å². The minimum Gasteiger partial charge on any atom is -0.469 e. The van der Waals surface area contributed by atoms with Crippen LogP contribution in [0.5, 0.6) is 0 Å². The predicted octanol–water partition coefficient (Wildman–Crippen LogP) is 2.91. The van der Waals surface area contributed by atoms with Crippen molar-refractivity contribution in [2.24, 2.45) is 4.99 Å². The van der Waals surface area contributed by atoms with Crippen molar-refractivity contribution in [2.45, 2.75) is 44.9 Å². The third-order valence-corrected chi connectivity index (χ3v) is 3.83. The second-order valence-corrected chi connectivity index (χ2v) is 5.76. The van der Waals surface area contributed by atoms with Crippen LogP contribution >= 0.6 is 0 Å². The fraction of sp³-hybridized carbons (Fsp3) is 0.579. The van der Waals surface area contributed by atoms with Crippen molar-refractivity contribution in [3.8, 4) is 0 Å². The first-order valence-corrected chi connectivity index (χ1v) is 8.81. The number of carbonyl (C=O) groups is 1. The molecule has 0 spiro atoms. The summed E-state index contributed by atoms with van der Waals surface area (Å²) >= 11 is 0. The van der Waals surface area contributed by atoms with Gasteiger partial charge in [0.05, 0.1) is 7.11 Å². The number of hydrogen-bond acceptors (Lipinski definition) is 3. The lowest BCUT2D eigenvalue weighted by Crippen LogP contribution is -2.38. The molecule has 0 atom stereocenters. The summed E-state index contributed by atoms with van der Waals surface area (Å²) in [6, 6.07) is 10.5. The van der Waals surface area contributed by atoms with Crippen LogP contribution in [0.1, 0.15) is 44.1 Å². The summed E-state index contributed by atoms with van der Waals surface area (Å²) in [5.41, 5.74) is 1.37. The summed E-state index contributed by atoms with van der Waals surface area (Å²) in [6.45, 7) is 1.81. The van der Waals surface area contributed by atoms with E-state index in [-0.39, 0.29) is 5.97 Å². The molecule has 0 heterocycles. The number of benzene rings is 1. The van der Waals surface area contributed by atoms with E-state index in [1.807, 2.05) is 6.07 Å². The topological polar surface area (TPSA) is 62.7 Å². The zero-order valence-electron chi connectivity index (χ0n) is 15.0. The summed E-state index contributed by atoms with van der Waals surface area (Å²) in [5, 5.41) is 6.67. The molecule has 2 N–H and O–H groups in total. The van der Waals surface area contributed by atoms with Crippen LogP contribution in [0, 0.1) is 0 Å². The molecule has 1 rings (SSSR count). The first-order valence-electron chi connectivity index (χ1n) is 8.81. The Bertz CT molecular complexity index is 475. The van der Waals surface area contributed by atoms with Gasteiger partial charge in [-0.25, -0.2) is 0 Å². The zero-order valence-corrected chi connectivity index (χ0v) is 15.0. The summed E-state index contributed by atoms with van der Waals surface area (Å²) in [7, 11) is 3.23. The Labute approximate surface area is 145 Å². The molecule has 0 aliphatic rings. The highest BCUT2D eigenvalue weighted by Crippen LogP contribution is 2.03. The number of methoxy groups -OCH3 is 1. The van der Waals surface area contributed by atoms with Crippen molar-refractivity contribution >= 4 is 11.9 Å². The molecular formula is C19H31N3O2. The molecule has 0 unspecified atom stereocenters. The molecule has 0 saturated heterocycles. The zero-order chi connectivity index (χ0) is 17.5. The highest BCUT2D eigenvalue weighted by Gasteiger charge is 2.00. The van der Waals surface area contributed by atoms with E-state index in [4.69, 9.17) is 0 Å².